The Hall–Kier alpha value is -1.31. The van der Waals surface area contributed by atoms with Gasteiger partial charge in [0.25, 0.3) is 0 Å². The van der Waals surface area contributed by atoms with E-state index in [1.54, 1.807) is 6.92 Å². The zero-order valence-corrected chi connectivity index (χ0v) is 9.64. The van der Waals surface area contributed by atoms with Crippen molar-refractivity contribution in [2.75, 3.05) is 12.4 Å². The highest BCUT2D eigenvalue weighted by Gasteiger charge is 2.32. The highest BCUT2D eigenvalue weighted by atomic mass is 32.2. The van der Waals surface area contributed by atoms with Gasteiger partial charge in [-0.05, 0) is 13.0 Å². The van der Waals surface area contributed by atoms with Gasteiger partial charge in [-0.15, -0.1) is 0 Å². The highest BCUT2D eigenvalue weighted by Crippen LogP contribution is 2.28. The topological polar surface area (TPSA) is 52.1 Å². The third-order valence-electron chi connectivity index (χ3n) is 1.55. The summed E-state index contributed by atoms with van der Waals surface area (Å²) in [4.78, 5) is 17.9. The standard InChI is InChI=1S/C9H9F3N2O2S/c1-2-16-7(15)5-17-8-13-4-3-6(14-8)9(10,11)12/h3-4H,2,5H2,1H3. The average Bonchev–Trinajstić information content (AvgIpc) is 2.26. The molecular weight excluding hydrogens is 257 g/mol. The number of ether oxygens (including phenoxy) is 1. The minimum absolute atomic E-state index is 0.104. The van der Waals surface area contributed by atoms with E-state index in [1.807, 2.05) is 0 Å². The van der Waals surface area contributed by atoms with Crippen LogP contribution in [0.4, 0.5) is 13.2 Å². The molecule has 0 bridgehead atoms. The molecule has 0 aliphatic carbocycles. The number of rotatable bonds is 4. The molecule has 17 heavy (non-hydrogen) atoms. The first-order valence-corrected chi connectivity index (χ1v) is 5.60. The van der Waals surface area contributed by atoms with E-state index in [9.17, 15) is 18.0 Å². The molecule has 94 valence electrons. The third kappa shape index (κ3) is 4.59. The number of thioether (sulfide) groups is 1. The van der Waals surface area contributed by atoms with E-state index >= 15 is 0 Å². The van der Waals surface area contributed by atoms with Crippen molar-refractivity contribution in [3.63, 3.8) is 0 Å². The van der Waals surface area contributed by atoms with Gasteiger partial charge in [0.1, 0.15) is 5.69 Å². The predicted octanol–water partition coefficient (Wildman–Crippen LogP) is 2.15. The molecule has 1 aromatic heterocycles. The number of alkyl halides is 3. The number of nitrogens with zero attached hydrogens (tertiary/aromatic N) is 2. The van der Waals surface area contributed by atoms with Crippen molar-refractivity contribution in [2.45, 2.75) is 18.3 Å². The van der Waals surface area contributed by atoms with Crippen LogP contribution in [-0.2, 0) is 15.7 Å². The maximum Gasteiger partial charge on any atom is 0.433 e. The second-order valence-corrected chi connectivity index (χ2v) is 3.76. The van der Waals surface area contributed by atoms with E-state index in [-0.39, 0.29) is 17.5 Å². The SMILES string of the molecule is CCOC(=O)CSc1nccc(C(F)(F)F)n1. The van der Waals surface area contributed by atoms with Crippen LogP contribution >= 0.6 is 11.8 Å². The lowest BCUT2D eigenvalue weighted by atomic mass is 10.4. The highest BCUT2D eigenvalue weighted by molar-refractivity contribution is 7.99. The molecule has 0 unspecified atom stereocenters. The van der Waals surface area contributed by atoms with Crippen molar-refractivity contribution >= 4 is 17.7 Å². The Morgan fingerprint density at radius 2 is 2.24 bits per heavy atom. The summed E-state index contributed by atoms with van der Waals surface area (Å²) in [5, 5.41) is -0.104. The Morgan fingerprint density at radius 1 is 1.53 bits per heavy atom. The fourth-order valence-electron chi connectivity index (χ4n) is 0.894. The molecule has 0 spiro atoms. The Kier molecular flexibility index (Phi) is 4.73. The summed E-state index contributed by atoms with van der Waals surface area (Å²) in [5.74, 6) is -0.631. The Morgan fingerprint density at radius 3 is 2.82 bits per heavy atom. The number of aromatic nitrogens is 2. The van der Waals surface area contributed by atoms with Crippen LogP contribution in [0.25, 0.3) is 0 Å². The minimum atomic E-state index is -4.51. The van der Waals surface area contributed by atoms with Crippen LogP contribution < -0.4 is 0 Å². The van der Waals surface area contributed by atoms with Gasteiger partial charge >= 0.3 is 12.1 Å². The summed E-state index contributed by atoms with van der Waals surface area (Å²) in [7, 11) is 0. The molecule has 0 amide bonds. The van der Waals surface area contributed by atoms with E-state index in [1.165, 1.54) is 0 Å². The molecule has 0 N–H and O–H groups in total. The van der Waals surface area contributed by atoms with E-state index < -0.39 is 17.8 Å². The summed E-state index contributed by atoms with van der Waals surface area (Å²) in [6.07, 6.45) is -3.51. The van der Waals surface area contributed by atoms with Gasteiger partial charge in [0, 0.05) is 6.20 Å². The van der Waals surface area contributed by atoms with Crippen LogP contribution in [0.3, 0.4) is 0 Å². The van der Waals surface area contributed by atoms with Gasteiger partial charge in [-0.2, -0.15) is 13.2 Å². The van der Waals surface area contributed by atoms with Crippen LogP contribution in [0.5, 0.6) is 0 Å². The van der Waals surface area contributed by atoms with Gasteiger partial charge in [0.05, 0.1) is 12.4 Å². The molecule has 0 saturated carbocycles. The summed E-state index contributed by atoms with van der Waals surface area (Å²) < 4.78 is 41.5. The minimum Gasteiger partial charge on any atom is -0.465 e. The van der Waals surface area contributed by atoms with Crippen LogP contribution in [-0.4, -0.2) is 28.3 Å². The molecule has 8 heteroatoms. The zero-order valence-electron chi connectivity index (χ0n) is 8.82. The first-order valence-electron chi connectivity index (χ1n) is 4.62. The maximum atomic E-state index is 12.3. The normalized spacial score (nSPS) is 11.3. The van der Waals surface area contributed by atoms with Crippen molar-refractivity contribution in [3.05, 3.63) is 18.0 Å². The zero-order chi connectivity index (χ0) is 12.9. The van der Waals surface area contributed by atoms with E-state index in [2.05, 4.69) is 14.7 Å². The van der Waals surface area contributed by atoms with Crippen LogP contribution in [0.2, 0.25) is 0 Å². The summed E-state index contributed by atoms with van der Waals surface area (Å²) >= 11 is 0.802. The number of hydrogen-bond donors (Lipinski definition) is 0. The molecule has 4 nitrogen and oxygen atoms in total. The molecule has 0 radical (unpaired) electrons. The summed E-state index contributed by atoms with van der Waals surface area (Å²) in [6, 6.07) is 0.772. The van der Waals surface area contributed by atoms with Gasteiger partial charge in [-0.25, -0.2) is 9.97 Å². The monoisotopic (exact) mass is 266 g/mol. The first kappa shape index (κ1) is 13.8. The molecule has 1 heterocycles. The molecule has 0 aliphatic heterocycles. The van der Waals surface area contributed by atoms with Crippen LogP contribution in [0.15, 0.2) is 17.4 Å². The van der Waals surface area contributed by atoms with Gasteiger partial charge in [-0.3, -0.25) is 4.79 Å². The first-order chi connectivity index (χ1) is 7.93. The van der Waals surface area contributed by atoms with Crippen molar-refractivity contribution < 1.29 is 22.7 Å². The molecular formula is C9H9F3N2O2S. The Balaban J connectivity index is 2.64. The molecule has 1 rings (SSSR count). The lowest BCUT2D eigenvalue weighted by Crippen LogP contribution is -2.10. The molecule has 0 saturated heterocycles. The fraction of sp³-hybridized carbons (Fsp3) is 0.444. The Bertz CT molecular complexity index is 398. The lowest BCUT2D eigenvalue weighted by Gasteiger charge is -2.06. The van der Waals surface area contributed by atoms with Gasteiger partial charge < -0.3 is 4.74 Å². The molecule has 0 aromatic carbocycles. The van der Waals surface area contributed by atoms with Gasteiger partial charge in [0.2, 0.25) is 0 Å². The van der Waals surface area contributed by atoms with E-state index in [0.29, 0.717) is 0 Å². The number of carbonyl (C=O) groups excluding carboxylic acids is 1. The molecule has 0 fully saturated rings. The average molecular weight is 266 g/mol. The van der Waals surface area contributed by atoms with Crippen molar-refractivity contribution in [2.24, 2.45) is 0 Å². The fourth-order valence-corrected chi connectivity index (χ4v) is 1.52. The third-order valence-corrected chi connectivity index (χ3v) is 2.38. The van der Waals surface area contributed by atoms with Gasteiger partial charge in [-0.1, -0.05) is 11.8 Å². The van der Waals surface area contributed by atoms with Gasteiger partial charge in [0.15, 0.2) is 5.16 Å². The second kappa shape index (κ2) is 5.85. The second-order valence-electron chi connectivity index (χ2n) is 2.82. The summed E-state index contributed by atoms with van der Waals surface area (Å²) in [6.45, 7) is 1.87. The maximum absolute atomic E-state index is 12.3. The number of halogens is 3. The number of hydrogen-bond acceptors (Lipinski definition) is 5. The number of esters is 1. The Labute approximate surface area is 99.6 Å². The smallest absolute Gasteiger partial charge is 0.433 e. The van der Waals surface area contributed by atoms with Crippen molar-refractivity contribution in [1.82, 2.24) is 9.97 Å². The van der Waals surface area contributed by atoms with E-state index in [0.717, 1.165) is 24.0 Å². The molecule has 0 atom stereocenters. The molecule has 1 aromatic rings. The largest absolute Gasteiger partial charge is 0.465 e. The van der Waals surface area contributed by atoms with Crippen LogP contribution in [0, 0.1) is 0 Å². The molecule has 0 aliphatic rings. The summed E-state index contributed by atoms with van der Waals surface area (Å²) in [5.41, 5.74) is -1.03. The van der Waals surface area contributed by atoms with Crippen molar-refractivity contribution in [1.29, 1.82) is 0 Å². The van der Waals surface area contributed by atoms with Crippen LogP contribution in [0.1, 0.15) is 12.6 Å². The van der Waals surface area contributed by atoms with Crippen molar-refractivity contribution in [3.8, 4) is 0 Å². The quantitative estimate of drug-likeness (QED) is 0.475. The lowest BCUT2D eigenvalue weighted by molar-refractivity contribution is -0.141. The predicted molar refractivity (Wildman–Crippen MR) is 54.4 cm³/mol. The number of carbonyl (C=O) groups is 1. The van der Waals surface area contributed by atoms with E-state index in [4.69, 9.17) is 0 Å².